The van der Waals surface area contributed by atoms with Gasteiger partial charge in [-0.3, -0.25) is 13.9 Å². The summed E-state index contributed by atoms with van der Waals surface area (Å²) in [6.07, 6.45) is 0. The highest BCUT2D eigenvalue weighted by molar-refractivity contribution is 5.72. The predicted molar refractivity (Wildman–Crippen MR) is 99.6 cm³/mol. The number of benzene rings is 1. The van der Waals surface area contributed by atoms with Gasteiger partial charge in [-0.25, -0.2) is 9.78 Å². The summed E-state index contributed by atoms with van der Waals surface area (Å²) in [5.74, 6) is 7.16. The molecule has 0 spiro atoms. The van der Waals surface area contributed by atoms with E-state index in [-0.39, 0.29) is 11.2 Å². The van der Waals surface area contributed by atoms with Crippen LogP contribution < -0.4 is 16.0 Å². The van der Waals surface area contributed by atoms with Crippen molar-refractivity contribution in [2.75, 3.05) is 7.11 Å². The van der Waals surface area contributed by atoms with E-state index >= 15 is 0 Å². The standard InChI is InChI=1S/C19H20N4O3/c1-5-22-17-16(18(24)23(6-2)19(22)25)21(3)15(20-17)11-10-13-8-7-9-14(12-13)26-4/h7-9,12H,5-6H2,1-4H3. The summed E-state index contributed by atoms with van der Waals surface area (Å²) in [7, 11) is 3.33. The Kier molecular flexibility index (Phi) is 4.67. The second kappa shape index (κ2) is 6.92. The van der Waals surface area contributed by atoms with E-state index < -0.39 is 0 Å². The molecule has 134 valence electrons. The SMILES string of the molecule is CCn1c(=O)c2c(nc(C#Cc3cccc(OC)c3)n2C)n(CC)c1=O. The van der Waals surface area contributed by atoms with Crippen molar-refractivity contribution in [2.45, 2.75) is 26.9 Å². The number of aryl methyl sites for hydroxylation is 2. The van der Waals surface area contributed by atoms with E-state index in [0.29, 0.717) is 35.8 Å². The Balaban J connectivity index is 2.22. The van der Waals surface area contributed by atoms with Crippen molar-refractivity contribution in [2.24, 2.45) is 7.05 Å². The molecule has 0 radical (unpaired) electrons. The minimum absolute atomic E-state index is 0.309. The van der Waals surface area contributed by atoms with Crippen molar-refractivity contribution >= 4 is 11.2 Å². The molecule has 7 heteroatoms. The largest absolute Gasteiger partial charge is 0.497 e. The van der Waals surface area contributed by atoms with Gasteiger partial charge in [-0.15, -0.1) is 0 Å². The summed E-state index contributed by atoms with van der Waals surface area (Å²) in [5.41, 5.74) is 0.822. The molecular weight excluding hydrogens is 332 g/mol. The van der Waals surface area contributed by atoms with Gasteiger partial charge < -0.3 is 9.30 Å². The first-order valence-corrected chi connectivity index (χ1v) is 8.37. The zero-order chi connectivity index (χ0) is 18.8. The van der Waals surface area contributed by atoms with Crippen LogP contribution in [0.5, 0.6) is 5.75 Å². The van der Waals surface area contributed by atoms with Crippen molar-refractivity contribution in [1.82, 2.24) is 18.7 Å². The van der Waals surface area contributed by atoms with Gasteiger partial charge in [-0.1, -0.05) is 12.0 Å². The van der Waals surface area contributed by atoms with Gasteiger partial charge >= 0.3 is 5.69 Å². The van der Waals surface area contributed by atoms with Crippen molar-refractivity contribution in [3.8, 4) is 17.6 Å². The minimum Gasteiger partial charge on any atom is -0.497 e. The summed E-state index contributed by atoms with van der Waals surface area (Å²) in [5, 5.41) is 0. The number of hydrogen-bond acceptors (Lipinski definition) is 4. The number of fused-ring (bicyclic) bond motifs is 1. The molecule has 0 saturated heterocycles. The van der Waals surface area contributed by atoms with E-state index in [2.05, 4.69) is 16.8 Å². The first-order valence-electron chi connectivity index (χ1n) is 8.37. The smallest absolute Gasteiger partial charge is 0.332 e. The van der Waals surface area contributed by atoms with Crippen LogP contribution in [-0.4, -0.2) is 25.8 Å². The number of nitrogens with zero attached hydrogens (tertiary/aromatic N) is 4. The van der Waals surface area contributed by atoms with Crippen molar-refractivity contribution in [3.63, 3.8) is 0 Å². The van der Waals surface area contributed by atoms with Crippen LogP contribution in [0.1, 0.15) is 25.2 Å². The van der Waals surface area contributed by atoms with E-state index in [1.165, 1.54) is 9.13 Å². The van der Waals surface area contributed by atoms with Crippen LogP contribution in [0.2, 0.25) is 0 Å². The number of methoxy groups -OCH3 is 1. The predicted octanol–water partition coefficient (Wildman–Crippen LogP) is 1.34. The Morgan fingerprint density at radius 1 is 1.12 bits per heavy atom. The quantitative estimate of drug-likeness (QED) is 0.667. The van der Waals surface area contributed by atoms with E-state index in [0.717, 1.165) is 5.56 Å². The van der Waals surface area contributed by atoms with E-state index in [4.69, 9.17) is 4.74 Å². The van der Waals surface area contributed by atoms with Crippen molar-refractivity contribution < 1.29 is 4.74 Å². The zero-order valence-corrected chi connectivity index (χ0v) is 15.2. The Labute approximate surface area is 150 Å². The van der Waals surface area contributed by atoms with Crippen LogP contribution in [-0.2, 0) is 20.1 Å². The van der Waals surface area contributed by atoms with E-state index in [9.17, 15) is 9.59 Å². The maximum Gasteiger partial charge on any atom is 0.332 e. The molecule has 0 aliphatic carbocycles. The van der Waals surface area contributed by atoms with Gasteiger partial charge in [0.1, 0.15) is 5.75 Å². The van der Waals surface area contributed by atoms with Crippen molar-refractivity contribution in [1.29, 1.82) is 0 Å². The molecule has 2 heterocycles. The molecule has 0 fully saturated rings. The first-order chi connectivity index (χ1) is 12.5. The molecule has 0 amide bonds. The maximum absolute atomic E-state index is 12.7. The molecule has 3 aromatic rings. The third kappa shape index (κ3) is 2.80. The molecule has 7 nitrogen and oxygen atoms in total. The minimum atomic E-state index is -0.349. The van der Waals surface area contributed by atoms with Gasteiger partial charge in [-0.05, 0) is 38.0 Å². The number of rotatable bonds is 3. The Morgan fingerprint density at radius 3 is 2.50 bits per heavy atom. The lowest BCUT2D eigenvalue weighted by Crippen LogP contribution is -2.39. The average molecular weight is 352 g/mol. The molecule has 0 unspecified atom stereocenters. The van der Waals surface area contributed by atoms with E-state index in [1.54, 1.807) is 25.6 Å². The fourth-order valence-electron chi connectivity index (χ4n) is 2.87. The highest BCUT2D eigenvalue weighted by Gasteiger charge is 2.17. The highest BCUT2D eigenvalue weighted by Crippen LogP contribution is 2.12. The molecule has 26 heavy (non-hydrogen) atoms. The van der Waals surface area contributed by atoms with Crippen LogP contribution in [0.25, 0.3) is 11.2 Å². The molecule has 1 aromatic carbocycles. The maximum atomic E-state index is 12.7. The number of ether oxygens (including phenoxy) is 1. The monoisotopic (exact) mass is 352 g/mol. The molecule has 0 atom stereocenters. The van der Waals surface area contributed by atoms with E-state index in [1.807, 2.05) is 31.2 Å². The lowest BCUT2D eigenvalue weighted by molar-refractivity contribution is 0.414. The lowest BCUT2D eigenvalue weighted by Gasteiger charge is -2.07. The van der Waals surface area contributed by atoms with Gasteiger partial charge in [0.25, 0.3) is 5.56 Å². The van der Waals surface area contributed by atoms with Gasteiger partial charge in [0.2, 0.25) is 0 Å². The topological polar surface area (TPSA) is 71.1 Å². The Morgan fingerprint density at radius 2 is 1.85 bits per heavy atom. The van der Waals surface area contributed by atoms with Crippen LogP contribution in [0.4, 0.5) is 0 Å². The third-order valence-electron chi connectivity index (χ3n) is 4.26. The molecule has 0 saturated carbocycles. The Hall–Kier alpha value is -3.27. The summed E-state index contributed by atoms with van der Waals surface area (Å²) in [4.78, 5) is 29.6. The summed E-state index contributed by atoms with van der Waals surface area (Å²) in [6.45, 7) is 4.36. The number of imidazole rings is 1. The first kappa shape index (κ1) is 17.5. The van der Waals surface area contributed by atoms with Gasteiger partial charge in [0.05, 0.1) is 7.11 Å². The molecule has 0 N–H and O–H groups in total. The molecule has 0 bridgehead atoms. The van der Waals surface area contributed by atoms with Crippen LogP contribution >= 0.6 is 0 Å². The second-order valence-corrected chi connectivity index (χ2v) is 5.72. The van der Waals surface area contributed by atoms with Crippen LogP contribution in [0, 0.1) is 11.8 Å². The highest BCUT2D eigenvalue weighted by atomic mass is 16.5. The third-order valence-corrected chi connectivity index (χ3v) is 4.26. The zero-order valence-electron chi connectivity index (χ0n) is 15.2. The van der Waals surface area contributed by atoms with Crippen LogP contribution in [0.3, 0.4) is 0 Å². The summed E-state index contributed by atoms with van der Waals surface area (Å²) < 4.78 is 9.55. The second-order valence-electron chi connectivity index (χ2n) is 5.72. The van der Waals surface area contributed by atoms with Gasteiger partial charge in [0.15, 0.2) is 17.0 Å². The number of aromatic nitrogens is 4. The van der Waals surface area contributed by atoms with Crippen molar-refractivity contribution in [3.05, 3.63) is 56.5 Å². The Bertz CT molecular complexity index is 1160. The molecular formula is C19H20N4O3. The van der Waals surface area contributed by atoms with Gasteiger partial charge in [0, 0.05) is 25.7 Å². The normalized spacial score (nSPS) is 10.6. The van der Waals surface area contributed by atoms with Crippen LogP contribution in [0.15, 0.2) is 33.9 Å². The average Bonchev–Trinajstić information content (AvgIpc) is 2.97. The summed E-state index contributed by atoms with van der Waals surface area (Å²) in [6, 6.07) is 7.38. The molecule has 2 aromatic heterocycles. The number of hydrogen-bond donors (Lipinski definition) is 0. The molecule has 0 aliphatic heterocycles. The fourth-order valence-corrected chi connectivity index (χ4v) is 2.87. The van der Waals surface area contributed by atoms with Gasteiger partial charge in [-0.2, -0.15) is 0 Å². The fraction of sp³-hybridized carbons (Fsp3) is 0.316. The summed E-state index contributed by atoms with van der Waals surface area (Å²) >= 11 is 0. The molecule has 3 rings (SSSR count). The lowest BCUT2D eigenvalue weighted by atomic mass is 10.2. The molecule has 0 aliphatic rings.